The van der Waals surface area contributed by atoms with Crippen LogP contribution in [0.1, 0.15) is 17.7 Å². The van der Waals surface area contributed by atoms with Crippen LogP contribution in [0.25, 0.3) is 5.69 Å². The van der Waals surface area contributed by atoms with Crippen molar-refractivity contribution in [1.82, 2.24) is 9.78 Å². The maximum atomic E-state index is 11.0. The Labute approximate surface area is 103 Å². The molecule has 18 heavy (non-hydrogen) atoms. The van der Waals surface area contributed by atoms with Crippen molar-refractivity contribution in [1.29, 1.82) is 0 Å². The van der Waals surface area contributed by atoms with Crippen LogP contribution < -0.4 is 5.73 Å². The van der Waals surface area contributed by atoms with Crippen molar-refractivity contribution in [2.45, 2.75) is 19.3 Å². The number of nitrogens with two attached hydrogens (primary N) is 1. The third-order valence-corrected chi connectivity index (χ3v) is 3.25. The number of hydrogen-bond acceptors (Lipinski definition) is 4. The number of fused-ring (bicyclic) bond motifs is 1. The number of nitro benzene ring substituents is 1. The second-order valence-corrected chi connectivity index (χ2v) is 4.32. The molecular weight excluding hydrogens is 232 g/mol. The Morgan fingerprint density at radius 2 is 2.11 bits per heavy atom. The zero-order chi connectivity index (χ0) is 12.7. The van der Waals surface area contributed by atoms with E-state index in [4.69, 9.17) is 5.73 Å². The number of aromatic nitrogens is 2. The minimum absolute atomic E-state index is 0.0189. The first kappa shape index (κ1) is 10.8. The highest BCUT2D eigenvalue weighted by Crippen LogP contribution is 2.31. The summed E-state index contributed by atoms with van der Waals surface area (Å²) in [6.07, 6.45) is 2.86. The molecule has 2 aromatic rings. The molecule has 0 radical (unpaired) electrons. The predicted molar refractivity (Wildman–Crippen MR) is 66.7 cm³/mol. The van der Waals surface area contributed by atoms with Gasteiger partial charge in [0.05, 0.1) is 10.6 Å². The van der Waals surface area contributed by atoms with Gasteiger partial charge in [-0.05, 0) is 25.3 Å². The van der Waals surface area contributed by atoms with Gasteiger partial charge in [0.2, 0.25) is 0 Å². The molecule has 0 spiro atoms. The van der Waals surface area contributed by atoms with Gasteiger partial charge in [0.25, 0.3) is 5.69 Å². The maximum absolute atomic E-state index is 11.0. The van der Waals surface area contributed by atoms with E-state index >= 15 is 0 Å². The number of rotatable bonds is 2. The minimum atomic E-state index is -0.415. The van der Waals surface area contributed by atoms with E-state index in [1.165, 1.54) is 10.7 Å². The first-order valence-corrected chi connectivity index (χ1v) is 5.78. The highest BCUT2D eigenvalue weighted by molar-refractivity contribution is 5.58. The van der Waals surface area contributed by atoms with Crippen LogP contribution in [0, 0.1) is 10.1 Å². The summed E-state index contributed by atoms with van der Waals surface area (Å²) in [7, 11) is 0. The van der Waals surface area contributed by atoms with Gasteiger partial charge in [-0.2, -0.15) is 5.10 Å². The van der Waals surface area contributed by atoms with Crippen molar-refractivity contribution < 1.29 is 4.92 Å². The number of aryl methyl sites for hydroxylation is 1. The molecule has 0 unspecified atom stereocenters. The lowest BCUT2D eigenvalue weighted by molar-refractivity contribution is -0.384. The summed E-state index contributed by atoms with van der Waals surface area (Å²) in [5.41, 5.74) is 8.48. The Kier molecular flexibility index (Phi) is 2.29. The van der Waals surface area contributed by atoms with E-state index in [1.807, 2.05) is 0 Å². The molecule has 1 aliphatic carbocycles. The molecule has 6 nitrogen and oxygen atoms in total. The van der Waals surface area contributed by atoms with Crippen molar-refractivity contribution in [3.63, 3.8) is 0 Å². The summed E-state index contributed by atoms with van der Waals surface area (Å²) >= 11 is 0. The van der Waals surface area contributed by atoms with E-state index in [1.54, 1.807) is 18.2 Å². The number of nitrogens with zero attached hydrogens (tertiary/aromatic N) is 3. The standard InChI is InChI=1S/C12H12N4O2/c13-12-8-4-3-5-9(8)14-15(12)10-6-1-2-7-11(10)16(17)18/h1-2,6-7H,3-5,13H2. The molecule has 0 aliphatic heterocycles. The second-order valence-electron chi connectivity index (χ2n) is 4.32. The summed E-state index contributed by atoms with van der Waals surface area (Å²) in [5.74, 6) is 0.525. The lowest BCUT2D eigenvalue weighted by atomic mass is 10.2. The Balaban J connectivity index is 2.19. The van der Waals surface area contributed by atoms with Crippen LogP contribution in [0.5, 0.6) is 0 Å². The van der Waals surface area contributed by atoms with Crippen LogP contribution in [-0.4, -0.2) is 14.7 Å². The van der Waals surface area contributed by atoms with E-state index in [9.17, 15) is 10.1 Å². The lowest BCUT2D eigenvalue weighted by Crippen LogP contribution is -2.06. The smallest absolute Gasteiger partial charge is 0.294 e. The molecule has 0 saturated heterocycles. The summed E-state index contributed by atoms with van der Waals surface area (Å²) in [6, 6.07) is 6.50. The third-order valence-electron chi connectivity index (χ3n) is 3.25. The second kappa shape index (κ2) is 3.83. The van der Waals surface area contributed by atoms with Gasteiger partial charge in [0.1, 0.15) is 11.5 Å². The number of nitrogen functional groups attached to an aromatic ring is 1. The van der Waals surface area contributed by atoms with E-state index in [0.29, 0.717) is 11.5 Å². The van der Waals surface area contributed by atoms with Crippen LogP contribution in [0.3, 0.4) is 0 Å². The Bertz CT molecular complexity index is 633. The fraction of sp³-hybridized carbons (Fsp3) is 0.250. The average Bonchev–Trinajstić information content (AvgIpc) is 2.93. The number of anilines is 1. The Morgan fingerprint density at radius 3 is 2.83 bits per heavy atom. The summed E-state index contributed by atoms with van der Waals surface area (Å²) in [6.45, 7) is 0. The van der Waals surface area contributed by atoms with Crippen LogP contribution >= 0.6 is 0 Å². The van der Waals surface area contributed by atoms with Gasteiger partial charge in [0.15, 0.2) is 0 Å². The molecule has 0 saturated carbocycles. The number of hydrogen-bond donors (Lipinski definition) is 1. The molecule has 6 heteroatoms. The van der Waals surface area contributed by atoms with Crippen molar-refractivity contribution in [3.05, 3.63) is 45.6 Å². The predicted octanol–water partition coefficient (Wildman–Crippen LogP) is 1.85. The zero-order valence-electron chi connectivity index (χ0n) is 9.67. The molecule has 92 valence electrons. The SMILES string of the molecule is Nc1c2c(nn1-c1ccccc1[N+](=O)[O-])CCC2. The summed E-state index contributed by atoms with van der Waals surface area (Å²) in [5, 5.41) is 15.4. The number of nitro groups is 1. The molecule has 1 aromatic heterocycles. The van der Waals surface area contributed by atoms with Crippen LogP contribution in [-0.2, 0) is 12.8 Å². The van der Waals surface area contributed by atoms with Crippen LogP contribution in [0.2, 0.25) is 0 Å². The van der Waals surface area contributed by atoms with Crippen LogP contribution in [0.4, 0.5) is 11.5 Å². The van der Waals surface area contributed by atoms with Gasteiger partial charge in [-0.25, -0.2) is 4.68 Å². The van der Waals surface area contributed by atoms with E-state index in [0.717, 1.165) is 30.5 Å². The van der Waals surface area contributed by atoms with Crippen molar-refractivity contribution in [2.24, 2.45) is 0 Å². The maximum Gasteiger partial charge on any atom is 0.294 e. The molecule has 0 amide bonds. The minimum Gasteiger partial charge on any atom is -0.383 e. The first-order valence-electron chi connectivity index (χ1n) is 5.78. The van der Waals surface area contributed by atoms with Gasteiger partial charge < -0.3 is 5.73 Å². The molecule has 0 bridgehead atoms. The molecule has 1 aliphatic rings. The van der Waals surface area contributed by atoms with Crippen molar-refractivity contribution in [3.8, 4) is 5.69 Å². The molecule has 1 heterocycles. The van der Waals surface area contributed by atoms with Gasteiger partial charge in [0, 0.05) is 11.6 Å². The Hall–Kier alpha value is -2.37. The number of benzene rings is 1. The Morgan fingerprint density at radius 1 is 1.33 bits per heavy atom. The molecule has 2 N–H and O–H groups in total. The van der Waals surface area contributed by atoms with E-state index in [-0.39, 0.29) is 5.69 Å². The van der Waals surface area contributed by atoms with Crippen molar-refractivity contribution in [2.75, 3.05) is 5.73 Å². The fourth-order valence-electron chi connectivity index (χ4n) is 2.40. The summed E-state index contributed by atoms with van der Waals surface area (Å²) in [4.78, 5) is 10.6. The van der Waals surface area contributed by atoms with Crippen molar-refractivity contribution >= 4 is 11.5 Å². The molecule has 0 atom stereocenters. The van der Waals surface area contributed by atoms with Gasteiger partial charge in [-0.1, -0.05) is 12.1 Å². The normalized spacial score (nSPS) is 13.6. The van der Waals surface area contributed by atoms with Gasteiger partial charge in [-0.15, -0.1) is 0 Å². The third kappa shape index (κ3) is 1.46. The number of para-hydroxylation sites is 2. The fourth-order valence-corrected chi connectivity index (χ4v) is 2.40. The lowest BCUT2D eigenvalue weighted by Gasteiger charge is -2.05. The largest absolute Gasteiger partial charge is 0.383 e. The summed E-state index contributed by atoms with van der Waals surface area (Å²) < 4.78 is 1.49. The monoisotopic (exact) mass is 244 g/mol. The molecule has 1 aromatic carbocycles. The van der Waals surface area contributed by atoms with Gasteiger partial charge >= 0.3 is 0 Å². The van der Waals surface area contributed by atoms with Gasteiger partial charge in [-0.3, -0.25) is 10.1 Å². The highest BCUT2D eigenvalue weighted by Gasteiger charge is 2.24. The molecule has 0 fully saturated rings. The van der Waals surface area contributed by atoms with E-state index < -0.39 is 4.92 Å². The zero-order valence-corrected chi connectivity index (χ0v) is 9.67. The molecular formula is C12H12N4O2. The highest BCUT2D eigenvalue weighted by atomic mass is 16.6. The van der Waals surface area contributed by atoms with Crippen LogP contribution in [0.15, 0.2) is 24.3 Å². The van der Waals surface area contributed by atoms with E-state index in [2.05, 4.69) is 5.10 Å². The quantitative estimate of drug-likeness (QED) is 0.645. The topological polar surface area (TPSA) is 87.0 Å². The first-order chi connectivity index (χ1) is 8.68. The average molecular weight is 244 g/mol. The molecule has 3 rings (SSSR count).